The van der Waals surface area contributed by atoms with Crippen LogP contribution in [-0.4, -0.2) is 0 Å². The van der Waals surface area contributed by atoms with Crippen molar-refractivity contribution in [1.29, 1.82) is 0 Å². The zero-order valence-corrected chi connectivity index (χ0v) is 15.3. The summed E-state index contributed by atoms with van der Waals surface area (Å²) in [5.74, 6) is 0. The van der Waals surface area contributed by atoms with Gasteiger partial charge in [-0.05, 0) is 71.6 Å². The predicted molar refractivity (Wildman–Crippen MR) is 103 cm³/mol. The maximum Gasteiger partial charge on any atom is 0.0633 e. The Balaban J connectivity index is 2.32. The molecule has 1 nitrogen and oxygen atoms in total. The quantitative estimate of drug-likeness (QED) is 0.490. The molecule has 0 amide bonds. The van der Waals surface area contributed by atoms with Gasteiger partial charge in [0, 0.05) is 15.8 Å². The Labute approximate surface area is 146 Å². The molecule has 0 aromatic heterocycles. The zero-order valence-electron chi connectivity index (χ0n) is 13.7. The van der Waals surface area contributed by atoms with Gasteiger partial charge in [0.25, 0.3) is 0 Å². The number of para-hydroxylation sites is 3. The number of hydrogen-bond acceptors (Lipinski definition) is 1. The maximum absolute atomic E-state index is 3.75. The van der Waals surface area contributed by atoms with Crippen molar-refractivity contribution >= 4 is 33.0 Å². The molecular weight excluding hydrogens is 346 g/mol. The van der Waals surface area contributed by atoms with Crippen LogP contribution in [0.25, 0.3) is 0 Å². The van der Waals surface area contributed by atoms with Crippen LogP contribution in [0.3, 0.4) is 0 Å². The summed E-state index contributed by atoms with van der Waals surface area (Å²) in [5.41, 5.74) is 7.35. The molecule has 0 aliphatic heterocycles. The molecule has 0 heterocycles. The molecule has 0 radical (unpaired) electrons. The molecule has 0 atom stereocenters. The second kappa shape index (κ2) is 6.59. The minimum absolute atomic E-state index is 1.10. The smallest absolute Gasteiger partial charge is 0.0633 e. The van der Waals surface area contributed by atoms with E-state index in [4.69, 9.17) is 0 Å². The van der Waals surface area contributed by atoms with Crippen LogP contribution in [0.15, 0.2) is 71.2 Å². The van der Waals surface area contributed by atoms with Crippen molar-refractivity contribution in [1.82, 2.24) is 0 Å². The first kappa shape index (κ1) is 15.8. The first-order chi connectivity index (χ1) is 11.1. The van der Waals surface area contributed by atoms with Gasteiger partial charge in [0.15, 0.2) is 0 Å². The molecule has 3 rings (SSSR count). The number of anilines is 3. The van der Waals surface area contributed by atoms with Gasteiger partial charge in [0.05, 0.1) is 5.69 Å². The van der Waals surface area contributed by atoms with E-state index in [0.717, 1.165) is 4.47 Å². The van der Waals surface area contributed by atoms with Gasteiger partial charge in [0.2, 0.25) is 0 Å². The highest BCUT2D eigenvalue weighted by atomic mass is 79.9. The third-order valence-electron chi connectivity index (χ3n) is 4.12. The van der Waals surface area contributed by atoms with Crippen LogP contribution in [0.4, 0.5) is 17.1 Å². The third kappa shape index (κ3) is 3.04. The van der Waals surface area contributed by atoms with E-state index in [1.165, 1.54) is 33.8 Å². The largest absolute Gasteiger partial charge is 0.309 e. The van der Waals surface area contributed by atoms with Gasteiger partial charge in [-0.15, -0.1) is 0 Å². The molecule has 0 spiro atoms. The summed E-state index contributed by atoms with van der Waals surface area (Å²) in [6.07, 6.45) is 0. The molecule has 3 aromatic carbocycles. The molecule has 3 aromatic rings. The lowest BCUT2D eigenvalue weighted by Gasteiger charge is -2.30. The highest BCUT2D eigenvalue weighted by Gasteiger charge is 2.19. The number of nitrogens with zero attached hydrogens (tertiary/aromatic N) is 1. The zero-order chi connectivity index (χ0) is 16.4. The van der Waals surface area contributed by atoms with Gasteiger partial charge in [0.1, 0.15) is 0 Å². The van der Waals surface area contributed by atoms with E-state index in [9.17, 15) is 0 Å². The molecule has 0 bridgehead atoms. The second-order valence-corrected chi connectivity index (χ2v) is 6.67. The maximum atomic E-state index is 3.75. The van der Waals surface area contributed by atoms with Crippen molar-refractivity contribution < 1.29 is 0 Å². The standard InChI is InChI=1S/C21H20BrN/c1-15-9-4-6-13-19(15)23(20-14-7-5-10-16(20)2)21-17(3)11-8-12-18(21)22/h4-14H,1-3H3. The summed E-state index contributed by atoms with van der Waals surface area (Å²) in [6.45, 7) is 6.48. The van der Waals surface area contributed by atoms with Crippen LogP contribution in [-0.2, 0) is 0 Å². The molecular formula is C21H20BrN. The van der Waals surface area contributed by atoms with Gasteiger partial charge >= 0.3 is 0 Å². The van der Waals surface area contributed by atoms with Crippen molar-refractivity contribution in [3.63, 3.8) is 0 Å². The topological polar surface area (TPSA) is 3.24 Å². The van der Waals surface area contributed by atoms with Gasteiger partial charge in [-0.25, -0.2) is 0 Å². The summed E-state index contributed by atoms with van der Waals surface area (Å²) in [4.78, 5) is 2.35. The predicted octanol–water partition coefficient (Wildman–Crippen LogP) is 6.84. The molecule has 0 saturated heterocycles. The second-order valence-electron chi connectivity index (χ2n) is 5.81. The van der Waals surface area contributed by atoms with Crippen molar-refractivity contribution in [3.8, 4) is 0 Å². The molecule has 23 heavy (non-hydrogen) atoms. The molecule has 0 N–H and O–H groups in total. The number of aryl methyl sites for hydroxylation is 3. The summed E-state index contributed by atoms with van der Waals surface area (Å²) in [5, 5.41) is 0. The van der Waals surface area contributed by atoms with Crippen LogP contribution in [0.5, 0.6) is 0 Å². The minimum atomic E-state index is 1.10. The Morgan fingerprint density at radius 3 is 1.57 bits per heavy atom. The van der Waals surface area contributed by atoms with Crippen LogP contribution in [0.1, 0.15) is 16.7 Å². The molecule has 2 heteroatoms. The Bertz CT molecular complexity index is 773. The fourth-order valence-corrected chi connectivity index (χ4v) is 3.55. The highest BCUT2D eigenvalue weighted by Crippen LogP contribution is 2.42. The lowest BCUT2D eigenvalue weighted by molar-refractivity contribution is 1.20. The van der Waals surface area contributed by atoms with E-state index in [0.29, 0.717) is 0 Å². The van der Waals surface area contributed by atoms with E-state index in [1.54, 1.807) is 0 Å². The van der Waals surface area contributed by atoms with Gasteiger partial charge < -0.3 is 4.90 Å². The fraction of sp³-hybridized carbons (Fsp3) is 0.143. The Morgan fingerprint density at radius 1 is 0.609 bits per heavy atom. The minimum Gasteiger partial charge on any atom is -0.309 e. The lowest BCUT2D eigenvalue weighted by Crippen LogP contribution is -2.14. The van der Waals surface area contributed by atoms with Crippen LogP contribution in [0, 0.1) is 20.8 Å². The average Bonchev–Trinajstić information content (AvgIpc) is 2.53. The monoisotopic (exact) mass is 365 g/mol. The highest BCUT2D eigenvalue weighted by molar-refractivity contribution is 9.10. The fourth-order valence-electron chi connectivity index (χ4n) is 2.91. The van der Waals surface area contributed by atoms with Gasteiger partial charge in [-0.2, -0.15) is 0 Å². The summed E-state index contributed by atoms with van der Waals surface area (Å²) >= 11 is 3.75. The molecule has 0 aliphatic carbocycles. The summed E-state index contributed by atoms with van der Waals surface area (Å²) < 4.78 is 1.10. The van der Waals surface area contributed by atoms with Gasteiger partial charge in [-0.1, -0.05) is 48.5 Å². The Hall–Kier alpha value is -2.06. The summed E-state index contributed by atoms with van der Waals surface area (Å²) in [7, 11) is 0. The normalized spacial score (nSPS) is 10.6. The Kier molecular flexibility index (Phi) is 4.53. The molecule has 0 unspecified atom stereocenters. The summed E-state index contributed by atoms with van der Waals surface area (Å²) in [6, 6.07) is 23.4. The van der Waals surface area contributed by atoms with Crippen molar-refractivity contribution in [2.24, 2.45) is 0 Å². The third-order valence-corrected chi connectivity index (χ3v) is 4.76. The van der Waals surface area contributed by atoms with E-state index in [-0.39, 0.29) is 0 Å². The van der Waals surface area contributed by atoms with E-state index >= 15 is 0 Å². The van der Waals surface area contributed by atoms with Crippen LogP contribution >= 0.6 is 15.9 Å². The SMILES string of the molecule is Cc1ccccc1N(c1ccccc1C)c1c(C)cccc1Br. The molecule has 0 fully saturated rings. The van der Waals surface area contributed by atoms with Crippen molar-refractivity contribution in [3.05, 3.63) is 87.9 Å². The van der Waals surface area contributed by atoms with Crippen molar-refractivity contribution in [2.75, 3.05) is 4.90 Å². The Morgan fingerprint density at radius 2 is 1.09 bits per heavy atom. The van der Waals surface area contributed by atoms with E-state index in [1.807, 2.05) is 0 Å². The number of hydrogen-bond donors (Lipinski definition) is 0. The molecule has 0 saturated carbocycles. The van der Waals surface area contributed by atoms with Gasteiger partial charge in [-0.3, -0.25) is 0 Å². The van der Waals surface area contributed by atoms with Crippen LogP contribution < -0.4 is 4.90 Å². The van der Waals surface area contributed by atoms with E-state index in [2.05, 4.69) is 108 Å². The molecule has 116 valence electrons. The first-order valence-corrected chi connectivity index (χ1v) is 8.55. The average molecular weight is 366 g/mol. The first-order valence-electron chi connectivity index (χ1n) is 7.76. The molecule has 0 aliphatic rings. The number of benzene rings is 3. The lowest BCUT2D eigenvalue weighted by atomic mass is 10.1. The van der Waals surface area contributed by atoms with Crippen LogP contribution in [0.2, 0.25) is 0 Å². The number of rotatable bonds is 3. The number of halogens is 1. The van der Waals surface area contributed by atoms with Crippen molar-refractivity contribution in [2.45, 2.75) is 20.8 Å². The van der Waals surface area contributed by atoms with E-state index < -0.39 is 0 Å².